The summed E-state index contributed by atoms with van der Waals surface area (Å²) in [6, 6.07) is 6.44. The van der Waals surface area contributed by atoms with Crippen LogP contribution in [-0.4, -0.2) is 63.3 Å². The first-order valence-electron chi connectivity index (χ1n) is 9.56. The highest BCUT2D eigenvalue weighted by Gasteiger charge is 2.28. The lowest BCUT2D eigenvalue weighted by molar-refractivity contribution is 0.0687. The quantitative estimate of drug-likeness (QED) is 0.774. The minimum atomic E-state index is -3.42. The van der Waals surface area contributed by atoms with Crippen molar-refractivity contribution in [1.29, 1.82) is 0 Å². The van der Waals surface area contributed by atoms with Crippen molar-refractivity contribution in [2.24, 2.45) is 5.92 Å². The maximum Gasteiger partial charge on any atom is 0.253 e. The van der Waals surface area contributed by atoms with Gasteiger partial charge in [-0.3, -0.25) is 4.79 Å². The number of halogens is 1. The first kappa shape index (κ1) is 22.1. The zero-order chi connectivity index (χ0) is 18.6. The van der Waals surface area contributed by atoms with Gasteiger partial charge in [-0.1, -0.05) is 0 Å². The molecule has 2 heterocycles. The Kier molecular flexibility index (Phi) is 8.09. The van der Waals surface area contributed by atoms with E-state index in [9.17, 15) is 13.2 Å². The second-order valence-corrected chi connectivity index (χ2v) is 9.20. The average molecular weight is 416 g/mol. The Bertz CT molecular complexity index is 710. The predicted octanol–water partition coefficient (Wildman–Crippen LogP) is 2.35. The number of sulfonamides is 1. The fourth-order valence-electron chi connectivity index (χ4n) is 3.80. The fourth-order valence-corrected chi connectivity index (χ4v) is 5.32. The molecule has 152 valence electrons. The Labute approximate surface area is 168 Å². The average Bonchev–Trinajstić information content (AvgIpc) is 3.22. The Balaban J connectivity index is 0.00000261. The van der Waals surface area contributed by atoms with Crippen LogP contribution >= 0.6 is 12.4 Å². The van der Waals surface area contributed by atoms with E-state index >= 15 is 0 Å². The maximum absolute atomic E-state index is 12.7. The highest BCUT2D eigenvalue weighted by atomic mass is 35.5. The number of carbonyl (C=O) groups excluding carboxylic acids is 1. The van der Waals surface area contributed by atoms with E-state index in [0.29, 0.717) is 24.6 Å². The smallest absolute Gasteiger partial charge is 0.253 e. The number of piperidine rings is 1. The van der Waals surface area contributed by atoms with Crippen molar-refractivity contribution in [1.82, 2.24) is 14.5 Å². The van der Waals surface area contributed by atoms with Crippen molar-refractivity contribution < 1.29 is 13.2 Å². The summed E-state index contributed by atoms with van der Waals surface area (Å²) in [7, 11) is -1.46. The first-order valence-corrected chi connectivity index (χ1v) is 11.0. The molecule has 0 aromatic heterocycles. The molecule has 8 heteroatoms. The molecule has 0 radical (unpaired) electrons. The lowest BCUT2D eigenvalue weighted by Crippen LogP contribution is -2.39. The molecule has 1 aromatic rings. The van der Waals surface area contributed by atoms with Crippen LogP contribution in [0.2, 0.25) is 0 Å². The monoisotopic (exact) mass is 415 g/mol. The Morgan fingerprint density at radius 3 is 2.22 bits per heavy atom. The molecule has 2 fully saturated rings. The van der Waals surface area contributed by atoms with Crippen LogP contribution in [0.25, 0.3) is 0 Å². The summed E-state index contributed by atoms with van der Waals surface area (Å²) in [4.78, 5) is 14.9. The summed E-state index contributed by atoms with van der Waals surface area (Å²) in [6.45, 7) is 3.75. The standard InChI is InChI=1S/C19H29N3O3S.ClH/c1-20-11-8-16-9-14-21(15-10-16)19(23)17-4-6-18(7-5-17)26(24,25)22-12-2-3-13-22;/h4-7,16,20H,2-3,8-15H2,1H3;1H. The summed E-state index contributed by atoms with van der Waals surface area (Å²) in [5.41, 5.74) is 0.569. The normalized spacial score (nSPS) is 19.1. The van der Waals surface area contributed by atoms with Gasteiger partial charge in [-0.2, -0.15) is 4.31 Å². The maximum atomic E-state index is 12.7. The third kappa shape index (κ3) is 5.22. The van der Waals surface area contributed by atoms with E-state index in [1.807, 2.05) is 11.9 Å². The molecule has 1 N–H and O–H groups in total. The lowest BCUT2D eigenvalue weighted by Gasteiger charge is -2.32. The molecule has 0 atom stereocenters. The Morgan fingerprint density at radius 2 is 1.67 bits per heavy atom. The van der Waals surface area contributed by atoms with Crippen LogP contribution in [-0.2, 0) is 10.0 Å². The molecule has 2 saturated heterocycles. The number of hydrogen-bond acceptors (Lipinski definition) is 4. The van der Waals surface area contributed by atoms with Gasteiger partial charge in [0.1, 0.15) is 0 Å². The van der Waals surface area contributed by atoms with E-state index in [1.54, 1.807) is 24.3 Å². The Morgan fingerprint density at radius 1 is 1.07 bits per heavy atom. The zero-order valence-corrected chi connectivity index (χ0v) is 17.5. The number of amides is 1. The molecule has 0 saturated carbocycles. The van der Waals surface area contributed by atoms with Gasteiger partial charge in [-0.25, -0.2) is 8.42 Å². The number of likely N-dealkylation sites (tertiary alicyclic amines) is 1. The number of nitrogens with zero attached hydrogens (tertiary/aromatic N) is 2. The highest BCUT2D eigenvalue weighted by Crippen LogP contribution is 2.24. The number of rotatable bonds is 6. The molecule has 0 aliphatic carbocycles. The second kappa shape index (κ2) is 9.87. The van der Waals surface area contributed by atoms with Crippen LogP contribution in [0.15, 0.2) is 29.2 Å². The summed E-state index contributed by atoms with van der Waals surface area (Å²) < 4.78 is 26.7. The van der Waals surface area contributed by atoms with Crippen LogP contribution < -0.4 is 5.32 Å². The van der Waals surface area contributed by atoms with Gasteiger partial charge in [0.15, 0.2) is 0 Å². The molecule has 27 heavy (non-hydrogen) atoms. The summed E-state index contributed by atoms with van der Waals surface area (Å²) >= 11 is 0. The molecule has 1 aromatic carbocycles. The highest BCUT2D eigenvalue weighted by molar-refractivity contribution is 7.89. The van der Waals surface area contributed by atoms with Crippen molar-refractivity contribution in [3.05, 3.63) is 29.8 Å². The van der Waals surface area contributed by atoms with Crippen LogP contribution in [0.1, 0.15) is 42.5 Å². The van der Waals surface area contributed by atoms with E-state index in [1.165, 1.54) is 4.31 Å². The minimum absolute atomic E-state index is 0. The van der Waals surface area contributed by atoms with Gasteiger partial charge in [0, 0.05) is 31.7 Å². The largest absolute Gasteiger partial charge is 0.339 e. The molecule has 3 rings (SSSR count). The van der Waals surface area contributed by atoms with Crippen LogP contribution in [0, 0.1) is 5.92 Å². The van der Waals surface area contributed by atoms with Crippen LogP contribution in [0.3, 0.4) is 0 Å². The summed E-state index contributed by atoms with van der Waals surface area (Å²) in [5, 5.41) is 3.18. The van der Waals surface area contributed by atoms with Gasteiger partial charge < -0.3 is 10.2 Å². The van der Waals surface area contributed by atoms with Gasteiger partial charge in [0.05, 0.1) is 4.90 Å². The van der Waals surface area contributed by atoms with Gasteiger partial charge >= 0.3 is 0 Å². The van der Waals surface area contributed by atoms with E-state index in [2.05, 4.69) is 5.32 Å². The van der Waals surface area contributed by atoms with E-state index in [4.69, 9.17) is 0 Å². The Hall–Kier alpha value is -1.15. The second-order valence-electron chi connectivity index (χ2n) is 7.26. The molecule has 6 nitrogen and oxygen atoms in total. The number of carbonyl (C=O) groups is 1. The third-order valence-corrected chi connectivity index (χ3v) is 7.42. The van der Waals surface area contributed by atoms with Crippen molar-refractivity contribution in [2.45, 2.75) is 37.0 Å². The zero-order valence-electron chi connectivity index (χ0n) is 15.9. The van der Waals surface area contributed by atoms with Gasteiger partial charge in [0.25, 0.3) is 5.91 Å². The molecular formula is C19H30ClN3O3S. The molecule has 0 spiro atoms. The van der Waals surface area contributed by atoms with Crippen molar-refractivity contribution in [3.63, 3.8) is 0 Å². The topological polar surface area (TPSA) is 69.7 Å². The molecule has 1 amide bonds. The first-order chi connectivity index (χ1) is 12.5. The van der Waals surface area contributed by atoms with Gasteiger partial charge in [-0.05, 0) is 75.9 Å². The number of nitrogens with one attached hydrogen (secondary N) is 1. The predicted molar refractivity (Wildman–Crippen MR) is 109 cm³/mol. The van der Waals surface area contributed by atoms with E-state index in [-0.39, 0.29) is 23.2 Å². The fraction of sp³-hybridized carbons (Fsp3) is 0.632. The number of benzene rings is 1. The third-order valence-electron chi connectivity index (χ3n) is 5.51. The van der Waals surface area contributed by atoms with Crippen molar-refractivity contribution in [2.75, 3.05) is 39.8 Å². The minimum Gasteiger partial charge on any atom is -0.339 e. The molecule has 2 aliphatic rings. The summed E-state index contributed by atoms with van der Waals surface area (Å²) in [5.74, 6) is 0.682. The van der Waals surface area contributed by atoms with E-state index in [0.717, 1.165) is 51.7 Å². The molecule has 2 aliphatic heterocycles. The van der Waals surface area contributed by atoms with Crippen molar-refractivity contribution >= 4 is 28.3 Å². The van der Waals surface area contributed by atoms with Gasteiger partial charge in [-0.15, -0.1) is 12.4 Å². The van der Waals surface area contributed by atoms with E-state index < -0.39 is 10.0 Å². The van der Waals surface area contributed by atoms with Crippen LogP contribution in [0.4, 0.5) is 0 Å². The molecule has 0 bridgehead atoms. The van der Waals surface area contributed by atoms with Crippen molar-refractivity contribution in [3.8, 4) is 0 Å². The number of hydrogen-bond donors (Lipinski definition) is 1. The molecule has 0 unspecified atom stereocenters. The summed E-state index contributed by atoms with van der Waals surface area (Å²) in [6.07, 6.45) is 5.06. The molecular weight excluding hydrogens is 386 g/mol. The SMILES string of the molecule is CNCCC1CCN(C(=O)c2ccc(S(=O)(=O)N3CCCC3)cc2)CC1.Cl. The lowest BCUT2D eigenvalue weighted by atomic mass is 9.93. The van der Waals surface area contributed by atoms with Gasteiger partial charge in [0.2, 0.25) is 10.0 Å². The van der Waals surface area contributed by atoms with Crippen LogP contribution in [0.5, 0.6) is 0 Å².